The van der Waals surface area contributed by atoms with Crippen LogP contribution < -0.4 is 5.32 Å². The number of nitrogens with zero attached hydrogens (tertiary/aromatic N) is 1. The van der Waals surface area contributed by atoms with Gasteiger partial charge in [-0.3, -0.25) is 4.90 Å². The Hall–Kier alpha value is -0.340. The van der Waals surface area contributed by atoms with E-state index in [1.54, 1.807) is 0 Å². The molecule has 0 unspecified atom stereocenters. The maximum atomic E-state index is 4.01. The topological polar surface area (TPSA) is 15.3 Å². The van der Waals surface area contributed by atoms with Crippen molar-refractivity contribution in [2.24, 2.45) is 0 Å². The smallest absolute Gasteiger partial charge is 0.0187 e. The summed E-state index contributed by atoms with van der Waals surface area (Å²) in [5, 5.41) is 3.92. The highest BCUT2D eigenvalue weighted by molar-refractivity contribution is 4.93. The van der Waals surface area contributed by atoms with Gasteiger partial charge in [0.1, 0.15) is 0 Å². The largest absolute Gasteiger partial charge is 0.311 e. The van der Waals surface area contributed by atoms with E-state index in [-0.39, 0.29) is 0 Å². The van der Waals surface area contributed by atoms with Gasteiger partial charge in [0.15, 0.2) is 0 Å². The summed E-state index contributed by atoms with van der Waals surface area (Å²) in [7, 11) is 0. The lowest BCUT2D eigenvalue weighted by Crippen LogP contribution is -2.46. The molecule has 0 aromatic heterocycles. The second-order valence-corrected chi connectivity index (χ2v) is 6.36. The molecule has 0 atom stereocenters. The van der Waals surface area contributed by atoms with E-state index in [1.165, 1.54) is 70.0 Å². The van der Waals surface area contributed by atoms with Crippen LogP contribution in [0.5, 0.6) is 0 Å². The lowest BCUT2D eigenvalue weighted by molar-refractivity contribution is 0.200. The molecule has 104 valence electrons. The zero-order valence-electron chi connectivity index (χ0n) is 12.1. The molecule has 0 spiro atoms. The Morgan fingerprint density at radius 2 is 1.56 bits per heavy atom. The molecule has 2 rings (SSSR count). The Morgan fingerprint density at radius 1 is 1.00 bits per heavy atom. The van der Waals surface area contributed by atoms with E-state index in [4.69, 9.17) is 0 Å². The van der Waals surface area contributed by atoms with E-state index in [9.17, 15) is 0 Å². The average Bonchev–Trinajstić information content (AvgIpc) is 2.60. The first-order chi connectivity index (χ1) is 8.74. The monoisotopic (exact) mass is 250 g/mol. The Balaban J connectivity index is 1.67. The molecule has 0 aromatic carbocycles. The Morgan fingerprint density at radius 3 is 2.11 bits per heavy atom. The van der Waals surface area contributed by atoms with Crippen LogP contribution in [0.2, 0.25) is 0 Å². The van der Waals surface area contributed by atoms with Crippen molar-refractivity contribution in [1.82, 2.24) is 10.2 Å². The van der Waals surface area contributed by atoms with Gasteiger partial charge in [-0.25, -0.2) is 0 Å². The third kappa shape index (κ3) is 4.74. The minimum absolute atomic E-state index is 0.773. The van der Waals surface area contributed by atoms with Crippen molar-refractivity contribution in [3.63, 3.8) is 0 Å². The van der Waals surface area contributed by atoms with E-state index in [2.05, 4.69) is 23.7 Å². The van der Waals surface area contributed by atoms with Crippen LogP contribution in [0.15, 0.2) is 12.2 Å². The Kier molecular flexibility index (Phi) is 5.71. The fraction of sp³-hybridized carbons (Fsp3) is 0.875. The Bertz CT molecular complexity index is 246. The van der Waals surface area contributed by atoms with Crippen molar-refractivity contribution >= 4 is 0 Å². The molecule has 1 heterocycles. The van der Waals surface area contributed by atoms with E-state index in [0.717, 1.165) is 18.6 Å². The fourth-order valence-electron chi connectivity index (χ4n) is 3.42. The molecule has 1 saturated heterocycles. The van der Waals surface area contributed by atoms with Crippen LogP contribution in [0, 0.1) is 0 Å². The van der Waals surface area contributed by atoms with Gasteiger partial charge < -0.3 is 5.32 Å². The van der Waals surface area contributed by atoms with Crippen LogP contribution >= 0.6 is 0 Å². The number of hydrogen-bond acceptors (Lipinski definition) is 2. The van der Waals surface area contributed by atoms with Gasteiger partial charge in [-0.2, -0.15) is 0 Å². The summed E-state index contributed by atoms with van der Waals surface area (Å²) < 4.78 is 0. The normalized spacial score (nSPS) is 24.9. The van der Waals surface area contributed by atoms with E-state index in [0.29, 0.717) is 0 Å². The Labute approximate surface area is 113 Å². The maximum absolute atomic E-state index is 4.01. The number of nitrogens with one attached hydrogen (secondary N) is 1. The minimum Gasteiger partial charge on any atom is -0.311 e. The number of rotatable bonds is 4. The first kappa shape index (κ1) is 14.1. The quantitative estimate of drug-likeness (QED) is 0.608. The van der Waals surface area contributed by atoms with Gasteiger partial charge >= 0.3 is 0 Å². The van der Waals surface area contributed by atoms with Crippen molar-refractivity contribution in [3.8, 4) is 0 Å². The summed E-state index contributed by atoms with van der Waals surface area (Å²) in [6, 6.07) is 1.58. The minimum atomic E-state index is 0.773. The van der Waals surface area contributed by atoms with Crippen LogP contribution in [0.1, 0.15) is 58.3 Å². The lowest BCUT2D eigenvalue weighted by atomic mass is 10.0. The molecule has 2 heteroatoms. The van der Waals surface area contributed by atoms with Gasteiger partial charge in [0.05, 0.1) is 0 Å². The zero-order valence-corrected chi connectivity index (χ0v) is 12.1. The lowest BCUT2D eigenvalue weighted by Gasteiger charge is -2.34. The molecule has 1 aliphatic carbocycles. The van der Waals surface area contributed by atoms with Gasteiger partial charge in [-0.05, 0) is 45.7 Å². The highest BCUT2D eigenvalue weighted by Gasteiger charge is 2.21. The molecule has 2 nitrogen and oxygen atoms in total. The SMILES string of the molecule is C=C(C)CN1CCC(NC2CCCCCC2)CC1. The van der Waals surface area contributed by atoms with Crippen molar-refractivity contribution in [1.29, 1.82) is 0 Å². The molecule has 0 amide bonds. The molecule has 18 heavy (non-hydrogen) atoms. The number of hydrogen-bond donors (Lipinski definition) is 1. The van der Waals surface area contributed by atoms with Crippen LogP contribution in [0.25, 0.3) is 0 Å². The van der Waals surface area contributed by atoms with Crippen molar-refractivity contribution < 1.29 is 0 Å². The van der Waals surface area contributed by atoms with Crippen LogP contribution in [-0.2, 0) is 0 Å². The van der Waals surface area contributed by atoms with Crippen LogP contribution in [0.4, 0.5) is 0 Å². The van der Waals surface area contributed by atoms with Gasteiger partial charge in [0.2, 0.25) is 0 Å². The summed E-state index contributed by atoms with van der Waals surface area (Å²) in [6.07, 6.45) is 11.2. The average molecular weight is 250 g/mol. The summed E-state index contributed by atoms with van der Waals surface area (Å²) in [5.41, 5.74) is 1.30. The second-order valence-electron chi connectivity index (χ2n) is 6.36. The number of likely N-dealkylation sites (tertiary alicyclic amines) is 1. The molecule has 0 aromatic rings. The van der Waals surface area contributed by atoms with Crippen molar-refractivity contribution in [2.45, 2.75) is 70.4 Å². The zero-order chi connectivity index (χ0) is 12.8. The molecular formula is C16H30N2. The fourth-order valence-corrected chi connectivity index (χ4v) is 3.42. The molecule has 1 N–H and O–H groups in total. The molecule has 1 aliphatic heterocycles. The molecule has 0 bridgehead atoms. The molecule has 1 saturated carbocycles. The number of piperidine rings is 1. The maximum Gasteiger partial charge on any atom is 0.0187 e. The second kappa shape index (κ2) is 7.30. The summed E-state index contributed by atoms with van der Waals surface area (Å²) in [5.74, 6) is 0. The summed E-state index contributed by atoms with van der Waals surface area (Å²) in [6.45, 7) is 9.74. The molecule has 2 aliphatic rings. The van der Waals surface area contributed by atoms with Crippen LogP contribution in [0.3, 0.4) is 0 Å². The van der Waals surface area contributed by atoms with E-state index < -0.39 is 0 Å². The van der Waals surface area contributed by atoms with Crippen LogP contribution in [-0.4, -0.2) is 36.6 Å². The highest BCUT2D eigenvalue weighted by Crippen LogP contribution is 2.20. The summed E-state index contributed by atoms with van der Waals surface area (Å²) >= 11 is 0. The third-order valence-electron chi connectivity index (χ3n) is 4.41. The van der Waals surface area contributed by atoms with Gasteiger partial charge in [0.25, 0.3) is 0 Å². The van der Waals surface area contributed by atoms with Gasteiger partial charge in [0, 0.05) is 18.6 Å². The van der Waals surface area contributed by atoms with Crippen molar-refractivity contribution in [3.05, 3.63) is 12.2 Å². The van der Waals surface area contributed by atoms with E-state index >= 15 is 0 Å². The van der Waals surface area contributed by atoms with Crippen molar-refractivity contribution in [2.75, 3.05) is 19.6 Å². The summed E-state index contributed by atoms with van der Waals surface area (Å²) in [4.78, 5) is 2.55. The molecule has 0 radical (unpaired) electrons. The first-order valence-corrected chi connectivity index (χ1v) is 7.87. The highest BCUT2D eigenvalue weighted by atomic mass is 15.1. The van der Waals surface area contributed by atoms with Gasteiger partial charge in [-0.1, -0.05) is 37.8 Å². The van der Waals surface area contributed by atoms with Gasteiger partial charge in [-0.15, -0.1) is 0 Å². The standard InChI is InChI=1S/C16H30N2/c1-14(2)13-18-11-9-16(10-12-18)17-15-7-5-3-4-6-8-15/h15-17H,1,3-13H2,2H3. The molecule has 2 fully saturated rings. The van der Waals surface area contributed by atoms with E-state index in [1.807, 2.05) is 0 Å². The molecular weight excluding hydrogens is 220 g/mol. The predicted octanol–water partition coefficient (Wildman–Crippen LogP) is 3.34. The first-order valence-electron chi connectivity index (χ1n) is 7.87. The third-order valence-corrected chi connectivity index (χ3v) is 4.41. The predicted molar refractivity (Wildman–Crippen MR) is 78.9 cm³/mol.